The van der Waals surface area contributed by atoms with Crippen LogP contribution in [-0.4, -0.2) is 30.5 Å². The average Bonchev–Trinajstić information content (AvgIpc) is 1.63. The molecule has 0 heterocycles. The van der Waals surface area contributed by atoms with Crippen LogP contribution in [0.5, 0.6) is 0 Å². The Labute approximate surface area is 57.0 Å². The number of allylic oxidation sites excluding steroid dienone is 1. The Bertz CT molecular complexity index is 83.4. The predicted molar refractivity (Wildman–Crippen MR) is 38.2 cm³/mol. The van der Waals surface area contributed by atoms with Gasteiger partial charge in [0.2, 0.25) is 0 Å². The molecule has 0 unspecified atom stereocenters. The molecule has 0 spiro atoms. The van der Waals surface area contributed by atoms with Gasteiger partial charge in [0.25, 0.3) is 0 Å². The summed E-state index contributed by atoms with van der Waals surface area (Å²) in [6.45, 7) is 4.39. The van der Waals surface area contributed by atoms with Crippen LogP contribution in [0.25, 0.3) is 0 Å². The molecule has 54 valence electrons. The molecule has 0 aliphatic heterocycles. The second-order valence-corrected chi connectivity index (χ2v) is 2.78. The third kappa shape index (κ3) is 7.66. The fourth-order valence-corrected chi connectivity index (χ4v) is 0.623. The molecule has 0 aromatic heterocycles. The lowest BCUT2D eigenvalue weighted by Crippen LogP contribution is -2.35. The predicted octanol–water partition coefficient (Wildman–Crippen LogP) is 1.42. The monoisotopic (exact) mass is 130 g/mol. The van der Waals surface area contributed by atoms with Crippen molar-refractivity contribution in [1.82, 2.24) is 0 Å². The van der Waals surface area contributed by atoms with Crippen LogP contribution in [0, 0.1) is 0 Å². The van der Waals surface area contributed by atoms with E-state index in [1.54, 1.807) is 14.1 Å². The average molecular weight is 130 g/mol. The maximum atomic E-state index is 9.15. The van der Waals surface area contributed by atoms with E-state index in [0.29, 0.717) is 0 Å². The summed E-state index contributed by atoms with van der Waals surface area (Å²) >= 11 is 0. The Balaban J connectivity index is 3.17. The zero-order valence-corrected chi connectivity index (χ0v) is 6.30. The van der Waals surface area contributed by atoms with E-state index in [9.17, 15) is 0 Å². The van der Waals surface area contributed by atoms with Crippen molar-refractivity contribution in [3.05, 3.63) is 12.7 Å². The van der Waals surface area contributed by atoms with Crippen LogP contribution in [0.15, 0.2) is 12.7 Å². The molecule has 0 aliphatic rings. The quantitative estimate of drug-likeness (QED) is 0.264. The summed E-state index contributed by atoms with van der Waals surface area (Å²) in [4.78, 5) is 0. The van der Waals surface area contributed by atoms with Crippen LogP contribution >= 0.6 is 0 Å². The first-order valence-electron chi connectivity index (χ1n) is 3.23. The highest BCUT2D eigenvalue weighted by Gasteiger charge is 2.07. The van der Waals surface area contributed by atoms with Crippen LogP contribution in [0.1, 0.15) is 12.8 Å². The van der Waals surface area contributed by atoms with Crippen molar-refractivity contribution in [2.45, 2.75) is 12.8 Å². The molecule has 0 saturated heterocycles. The van der Waals surface area contributed by atoms with Crippen LogP contribution in [-0.2, 0) is 0 Å². The Hall–Kier alpha value is -0.340. The fourth-order valence-electron chi connectivity index (χ4n) is 0.623. The summed E-state index contributed by atoms with van der Waals surface area (Å²) in [6.07, 6.45) is 3.87. The molecular formula is C7H16NO+. The zero-order chi connectivity index (χ0) is 7.33. The van der Waals surface area contributed by atoms with Crippen molar-refractivity contribution in [3.8, 4) is 0 Å². The third-order valence-electron chi connectivity index (χ3n) is 1.11. The smallest absolute Gasteiger partial charge is 0.108 e. The minimum Gasteiger partial charge on any atom is -0.217 e. The first-order chi connectivity index (χ1) is 4.06. The largest absolute Gasteiger partial charge is 0.217 e. The highest BCUT2D eigenvalue weighted by atomic mass is 16.5. The number of hydroxylamine groups is 3. The Morgan fingerprint density at radius 3 is 2.44 bits per heavy atom. The second-order valence-electron chi connectivity index (χ2n) is 2.78. The van der Waals surface area contributed by atoms with Gasteiger partial charge in [-0.05, 0) is 6.42 Å². The number of nitrogens with zero attached hydrogens (tertiary/aromatic N) is 1. The summed E-state index contributed by atoms with van der Waals surface area (Å²) in [5.41, 5.74) is 0. The van der Waals surface area contributed by atoms with Crippen molar-refractivity contribution < 1.29 is 9.85 Å². The van der Waals surface area contributed by atoms with Crippen molar-refractivity contribution in [3.63, 3.8) is 0 Å². The summed E-state index contributed by atoms with van der Waals surface area (Å²) in [5, 5.41) is 9.15. The number of unbranched alkanes of at least 4 members (excludes halogenated alkanes) is 1. The number of hydrogen-bond donors (Lipinski definition) is 1. The lowest BCUT2D eigenvalue weighted by molar-refractivity contribution is -1.07. The molecule has 0 rings (SSSR count). The normalized spacial score (nSPS) is 11.4. The first-order valence-corrected chi connectivity index (χ1v) is 3.23. The molecule has 0 aliphatic carbocycles. The van der Waals surface area contributed by atoms with E-state index in [-0.39, 0.29) is 4.65 Å². The summed E-state index contributed by atoms with van der Waals surface area (Å²) < 4.78 is 0.0633. The molecule has 0 aromatic carbocycles. The molecule has 0 radical (unpaired) electrons. The molecule has 0 saturated carbocycles. The van der Waals surface area contributed by atoms with Crippen LogP contribution in [0.3, 0.4) is 0 Å². The Morgan fingerprint density at radius 1 is 1.56 bits per heavy atom. The molecule has 0 bridgehead atoms. The molecule has 0 aromatic rings. The Morgan fingerprint density at radius 2 is 2.11 bits per heavy atom. The van der Waals surface area contributed by atoms with Gasteiger partial charge in [-0.1, -0.05) is 6.08 Å². The molecule has 2 nitrogen and oxygen atoms in total. The van der Waals surface area contributed by atoms with Crippen LogP contribution in [0.2, 0.25) is 0 Å². The molecule has 9 heavy (non-hydrogen) atoms. The van der Waals surface area contributed by atoms with Gasteiger partial charge in [0.15, 0.2) is 0 Å². The van der Waals surface area contributed by atoms with Gasteiger partial charge in [-0.15, -0.1) is 6.58 Å². The van der Waals surface area contributed by atoms with E-state index in [1.807, 2.05) is 6.08 Å². The van der Waals surface area contributed by atoms with Gasteiger partial charge in [0.05, 0.1) is 14.1 Å². The van der Waals surface area contributed by atoms with E-state index in [2.05, 4.69) is 6.58 Å². The van der Waals surface area contributed by atoms with Gasteiger partial charge in [0.1, 0.15) is 6.54 Å². The van der Waals surface area contributed by atoms with Gasteiger partial charge < -0.3 is 0 Å². The van der Waals surface area contributed by atoms with Gasteiger partial charge in [-0.25, -0.2) is 5.21 Å². The molecule has 0 amide bonds. The molecular weight excluding hydrogens is 114 g/mol. The van der Waals surface area contributed by atoms with E-state index in [4.69, 9.17) is 5.21 Å². The standard InChI is InChI=1S/C7H16NO/c1-4-5-6-7-8(2,3)9/h4,9H,1,5-7H2,2-3H3/q+1. The third-order valence-corrected chi connectivity index (χ3v) is 1.11. The summed E-state index contributed by atoms with van der Waals surface area (Å²) in [7, 11) is 3.53. The first kappa shape index (κ1) is 8.66. The van der Waals surface area contributed by atoms with Gasteiger partial charge >= 0.3 is 0 Å². The fraction of sp³-hybridized carbons (Fsp3) is 0.714. The van der Waals surface area contributed by atoms with Crippen LogP contribution < -0.4 is 0 Å². The number of quaternary nitrogens is 1. The minimum absolute atomic E-state index is 0.0633. The molecule has 0 atom stereocenters. The van der Waals surface area contributed by atoms with E-state index < -0.39 is 0 Å². The van der Waals surface area contributed by atoms with Crippen molar-refractivity contribution in [1.29, 1.82) is 0 Å². The topological polar surface area (TPSA) is 20.2 Å². The lowest BCUT2D eigenvalue weighted by atomic mass is 10.3. The SMILES string of the molecule is C=CCCC[N+](C)(C)O. The van der Waals surface area contributed by atoms with Gasteiger partial charge in [-0.2, -0.15) is 4.65 Å². The molecule has 1 N–H and O–H groups in total. The second kappa shape index (κ2) is 3.64. The Kier molecular flexibility index (Phi) is 3.50. The van der Waals surface area contributed by atoms with Crippen molar-refractivity contribution in [2.75, 3.05) is 20.6 Å². The van der Waals surface area contributed by atoms with Gasteiger partial charge in [-0.3, -0.25) is 0 Å². The highest BCUT2D eigenvalue weighted by Crippen LogP contribution is 1.96. The number of rotatable bonds is 4. The summed E-state index contributed by atoms with van der Waals surface area (Å²) in [6, 6.07) is 0. The van der Waals surface area contributed by atoms with Crippen molar-refractivity contribution >= 4 is 0 Å². The number of hydrogen-bond acceptors (Lipinski definition) is 1. The van der Waals surface area contributed by atoms with E-state index in [0.717, 1.165) is 19.4 Å². The van der Waals surface area contributed by atoms with E-state index >= 15 is 0 Å². The minimum atomic E-state index is 0.0633. The molecule has 0 fully saturated rings. The highest BCUT2D eigenvalue weighted by molar-refractivity contribution is 4.64. The van der Waals surface area contributed by atoms with Gasteiger partial charge in [0, 0.05) is 6.42 Å². The molecule has 2 heteroatoms. The summed E-state index contributed by atoms with van der Waals surface area (Å²) in [5.74, 6) is 0. The van der Waals surface area contributed by atoms with E-state index in [1.165, 1.54) is 0 Å². The zero-order valence-electron chi connectivity index (χ0n) is 6.30. The van der Waals surface area contributed by atoms with Crippen LogP contribution in [0.4, 0.5) is 0 Å². The maximum absolute atomic E-state index is 9.15. The maximum Gasteiger partial charge on any atom is 0.108 e. The lowest BCUT2D eigenvalue weighted by Gasteiger charge is -2.18. The van der Waals surface area contributed by atoms with Crippen molar-refractivity contribution in [2.24, 2.45) is 0 Å².